The molecule has 5 heteroatoms. The molecule has 3 aromatic rings. The van der Waals surface area contributed by atoms with Crippen molar-refractivity contribution in [2.24, 2.45) is 0 Å². The van der Waals surface area contributed by atoms with Gasteiger partial charge in [-0.3, -0.25) is 0 Å². The minimum atomic E-state index is -0.280. The Labute approximate surface area is 124 Å². The van der Waals surface area contributed by atoms with Gasteiger partial charge in [-0.25, -0.2) is 9.07 Å². The summed E-state index contributed by atoms with van der Waals surface area (Å²) in [6.45, 7) is 0. The van der Waals surface area contributed by atoms with Crippen molar-refractivity contribution in [1.29, 1.82) is 0 Å². The topological polar surface area (TPSA) is 43.8 Å². The van der Waals surface area contributed by atoms with Gasteiger partial charge in [0.25, 0.3) is 0 Å². The smallest absolute Gasteiger partial charge is 0.123 e. The molecule has 2 aromatic carbocycles. The van der Waals surface area contributed by atoms with Crippen LogP contribution in [0, 0.1) is 5.82 Å². The van der Waals surface area contributed by atoms with Gasteiger partial charge in [0.05, 0.1) is 17.6 Å². The maximum Gasteiger partial charge on any atom is 0.123 e. The predicted octanol–water partition coefficient (Wildman–Crippen LogP) is 4.02. The third-order valence-corrected chi connectivity index (χ3v) is 3.63. The molecule has 0 unspecified atom stereocenters. The Morgan fingerprint density at radius 2 is 1.75 bits per heavy atom. The van der Waals surface area contributed by atoms with Crippen LogP contribution in [-0.2, 0) is 0 Å². The van der Waals surface area contributed by atoms with Crippen LogP contribution in [0.2, 0.25) is 0 Å². The second kappa shape index (κ2) is 5.09. The van der Waals surface area contributed by atoms with Crippen molar-refractivity contribution in [2.75, 3.05) is 5.73 Å². The van der Waals surface area contributed by atoms with Crippen LogP contribution >= 0.6 is 15.9 Å². The maximum absolute atomic E-state index is 13.0. The fourth-order valence-electron chi connectivity index (χ4n) is 1.98. The fraction of sp³-hybridized carbons (Fsp3) is 0. The zero-order chi connectivity index (χ0) is 14.1. The third kappa shape index (κ3) is 2.32. The van der Waals surface area contributed by atoms with Gasteiger partial charge in [0.2, 0.25) is 0 Å². The molecule has 0 saturated carbocycles. The second-order valence-electron chi connectivity index (χ2n) is 4.34. The standard InChI is InChI=1S/C15H11BrFN3/c16-12-3-1-2-4-14(12)20-9-13(18)15(19-20)10-5-7-11(17)8-6-10/h1-9H,18H2. The van der Waals surface area contributed by atoms with Crippen molar-refractivity contribution in [3.8, 4) is 16.9 Å². The van der Waals surface area contributed by atoms with Crippen LogP contribution < -0.4 is 5.73 Å². The van der Waals surface area contributed by atoms with E-state index in [9.17, 15) is 4.39 Å². The number of para-hydroxylation sites is 1. The minimum Gasteiger partial charge on any atom is -0.396 e. The van der Waals surface area contributed by atoms with E-state index in [2.05, 4.69) is 21.0 Å². The Balaban J connectivity index is 2.08. The summed E-state index contributed by atoms with van der Waals surface area (Å²) >= 11 is 3.48. The Bertz CT molecular complexity index is 750. The number of hydrogen-bond acceptors (Lipinski definition) is 2. The Morgan fingerprint density at radius 1 is 1.05 bits per heavy atom. The number of aromatic nitrogens is 2. The number of nitrogens with zero attached hydrogens (tertiary/aromatic N) is 2. The van der Waals surface area contributed by atoms with Crippen molar-refractivity contribution in [2.45, 2.75) is 0 Å². The van der Waals surface area contributed by atoms with Crippen LogP contribution in [0.15, 0.2) is 59.2 Å². The molecular weight excluding hydrogens is 321 g/mol. The molecule has 0 fully saturated rings. The number of nitrogens with two attached hydrogens (primary N) is 1. The highest BCUT2D eigenvalue weighted by Crippen LogP contribution is 2.27. The molecule has 3 nitrogen and oxygen atoms in total. The average molecular weight is 332 g/mol. The van der Waals surface area contributed by atoms with Crippen molar-refractivity contribution in [1.82, 2.24) is 9.78 Å². The van der Waals surface area contributed by atoms with Gasteiger partial charge in [-0.2, -0.15) is 5.10 Å². The van der Waals surface area contributed by atoms with E-state index in [0.717, 1.165) is 15.7 Å². The number of hydrogen-bond donors (Lipinski definition) is 1. The highest BCUT2D eigenvalue weighted by atomic mass is 79.9. The average Bonchev–Trinajstić information content (AvgIpc) is 2.82. The molecule has 100 valence electrons. The van der Waals surface area contributed by atoms with Crippen LogP contribution in [-0.4, -0.2) is 9.78 Å². The summed E-state index contributed by atoms with van der Waals surface area (Å²) < 4.78 is 15.6. The molecule has 1 aromatic heterocycles. The van der Waals surface area contributed by atoms with Crippen molar-refractivity contribution in [3.63, 3.8) is 0 Å². The van der Waals surface area contributed by atoms with Gasteiger partial charge in [0, 0.05) is 10.0 Å². The van der Waals surface area contributed by atoms with E-state index < -0.39 is 0 Å². The third-order valence-electron chi connectivity index (χ3n) is 2.96. The summed E-state index contributed by atoms with van der Waals surface area (Å²) in [5.41, 5.74) is 8.88. The van der Waals surface area contributed by atoms with Crippen LogP contribution in [0.5, 0.6) is 0 Å². The molecule has 0 aliphatic carbocycles. The molecule has 0 aliphatic rings. The SMILES string of the molecule is Nc1cn(-c2ccccc2Br)nc1-c1ccc(F)cc1. The zero-order valence-electron chi connectivity index (χ0n) is 10.4. The lowest BCUT2D eigenvalue weighted by atomic mass is 10.1. The van der Waals surface area contributed by atoms with Gasteiger partial charge < -0.3 is 5.73 Å². The van der Waals surface area contributed by atoms with Gasteiger partial charge in [-0.05, 0) is 52.3 Å². The number of halogens is 2. The molecule has 0 saturated heterocycles. The second-order valence-corrected chi connectivity index (χ2v) is 5.19. The van der Waals surface area contributed by atoms with Crippen molar-refractivity contribution < 1.29 is 4.39 Å². The molecular formula is C15H11BrFN3. The summed E-state index contributed by atoms with van der Waals surface area (Å²) in [6.07, 6.45) is 1.75. The first-order chi connectivity index (χ1) is 9.65. The quantitative estimate of drug-likeness (QED) is 0.770. The van der Waals surface area contributed by atoms with Crippen LogP contribution in [0.25, 0.3) is 16.9 Å². The number of rotatable bonds is 2. The van der Waals surface area contributed by atoms with Crippen molar-refractivity contribution >= 4 is 21.6 Å². The largest absolute Gasteiger partial charge is 0.396 e. The van der Waals surface area contributed by atoms with E-state index in [1.807, 2.05) is 24.3 Å². The van der Waals surface area contributed by atoms with Gasteiger partial charge in [-0.1, -0.05) is 12.1 Å². The Hall–Kier alpha value is -2.14. The first-order valence-corrected chi connectivity index (χ1v) is 6.80. The fourth-order valence-corrected chi connectivity index (χ4v) is 2.45. The monoisotopic (exact) mass is 331 g/mol. The first-order valence-electron chi connectivity index (χ1n) is 6.01. The highest BCUT2D eigenvalue weighted by molar-refractivity contribution is 9.10. The van der Waals surface area contributed by atoms with E-state index in [1.54, 1.807) is 23.0 Å². The normalized spacial score (nSPS) is 10.7. The van der Waals surface area contributed by atoms with Crippen LogP contribution in [0.1, 0.15) is 0 Å². The molecule has 2 N–H and O–H groups in total. The lowest BCUT2D eigenvalue weighted by Gasteiger charge is -2.03. The number of nitrogen functional groups attached to an aromatic ring is 1. The maximum atomic E-state index is 13.0. The summed E-state index contributed by atoms with van der Waals surface area (Å²) in [5.74, 6) is -0.280. The molecule has 0 radical (unpaired) electrons. The van der Waals surface area contributed by atoms with Crippen LogP contribution in [0.4, 0.5) is 10.1 Å². The van der Waals surface area contributed by atoms with E-state index in [-0.39, 0.29) is 5.82 Å². The van der Waals surface area contributed by atoms with E-state index in [0.29, 0.717) is 11.4 Å². The minimum absolute atomic E-state index is 0.280. The molecule has 0 amide bonds. The lowest BCUT2D eigenvalue weighted by Crippen LogP contribution is -1.95. The van der Waals surface area contributed by atoms with Gasteiger partial charge >= 0.3 is 0 Å². The Morgan fingerprint density at radius 3 is 2.45 bits per heavy atom. The molecule has 0 atom stereocenters. The Kier molecular flexibility index (Phi) is 3.28. The van der Waals surface area contributed by atoms with Crippen molar-refractivity contribution in [3.05, 3.63) is 65.0 Å². The van der Waals surface area contributed by atoms with Crippen LogP contribution in [0.3, 0.4) is 0 Å². The molecule has 0 bridgehead atoms. The van der Waals surface area contributed by atoms with Gasteiger partial charge in [-0.15, -0.1) is 0 Å². The summed E-state index contributed by atoms with van der Waals surface area (Å²) in [6, 6.07) is 13.8. The molecule has 0 spiro atoms. The zero-order valence-corrected chi connectivity index (χ0v) is 12.0. The molecule has 0 aliphatic heterocycles. The van der Waals surface area contributed by atoms with E-state index >= 15 is 0 Å². The number of benzene rings is 2. The molecule has 1 heterocycles. The summed E-state index contributed by atoms with van der Waals surface area (Å²) in [4.78, 5) is 0. The summed E-state index contributed by atoms with van der Waals surface area (Å²) in [5, 5.41) is 4.48. The highest BCUT2D eigenvalue weighted by Gasteiger charge is 2.11. The van der Waals surface area contributed by atoms with E-state index in [4.69, 9.17) is 5.73 Å². The molecule has 20 heavy (non-hydrogen) atoms. The van der Waals surface area contributed by atoms with Gasteiger partial charge in [0.1, 0.15) is 11.5 Å². The van der Waals surface area contributed by atoms with Gasteiger partial charge in [0.15, 0.2) is 0 Å². The first kappa shape index (κ1) is 12.9. The lowest BCUT2D eigenvalue weighted by molar-refractivity contribution is 0.628. The number of anilines is 1. The predicted molar refractivity (Wildman–Crippen MR) is 81.1 cm³/mol. The summed E-state index contributed by atoms with van der Waals surface area (Å²) in [7, 11) is 0. The van der Waals surface area contributed by atoms with E-state index in [1.165, 1.54) is 12.1 Å². The molecule has 3 rings (SSSR count).